The average molecular weight is 237 g/mol. The molecule has 1 fully saturated rings. The lowest BCUT2D eigenvalue weighted by Crippen LogP contribution is -2.17. The second-order valence-corrected chi connectivity index (χ2v) is 4.13. The van der Waals surface area contributed by atoms with E-state index in [-0.39, 0.29) is 6.10 Å². The third-order valence-corrected chi connectivity index (χ3v) is 2.81. The van der Waals surface area contributed by atoms with E-state index in [0.29, 0.717) is 12.5 Å². The highest BCUT2D eigenvalue weighted by Crippen LogP contribution is 2.21. The van der Waals surface area contributed by atoms with Gasteiger partial charge in [0.15, 0.2) is 0 Å². The lowest BCUT2D eigenvalue weighted by molar-refractivity contribution is 0.0660. The summed E-state index contributed by atoms with van der Waals surface area (Å²) in [5.41, 5.74) is 0.951. The SMILES string of the molecule is CCNc1ncnc(OCC2CCCO2)c1C. The zero-order chi connectivity index (χ0) is 12.1. The van der Waals surface area contributed by atoms with Crippen LogP contribution in [0.4, 0.5) is 5.82 Å². The van der Waals surface area contributed by atoms with Crippen LogP contribution in [0, 0.1) is 6.92 Å². The summed E-state index contributed by atoms with van der Waals surface area (Å²) in [7, 11) is 0. The summed E-state index contributed by atoms with van der Waals surface area (Å²) in [6.45, 7) is 6.25. The summed E-state index contributed by atoms with van der Waals surface area (Å²) >= 11 is 0. The summed E-state index contributed by atoms with van der Waals surface area (Å²) in [4.78, 5) is 8.33. The van der Waals surface area contributed by atoms with Gasteiger partial charge in [-0.25, -0.2) is 9.97 Å². The third-order valence-electron chi connectivity index (χ3n) is 2.81. The molecule has 2 heterocycles. The second kappa shape index (κ2) is 5.82. The minimum absolute atomic E-state index is 0.215. The van der Waals surface area contributed by atoms with Gasteiger partial charge in [-0.1, -0.05) is 0 Å². The monoisotopic (exact) mass is 237 g/mol. The van der Waals surface area contributed by atoms with Crippen LogP contribution in [-0.2, 0) is 4.74 Å². The average Bonchev–Trinajstić information content (AvgIpc) is 2.83. The molecule has 0 saturated carbocycles. The number of hydrogen-bond donors (Lipinski definition) is 1. The minimum Gasteiger partial charge on any atom is -0.475 e. The van der Waals surface area contributed by atoms with Crippen molar-refractivity contribution in [1.82, 2.24) is 9.97 Å². The van der Waals surface area contributed by atoms with Crippen molar-refractivity contribution in [3.8, 4) is 5.88 Å². The fraction of sp³-hybridized carbons (Fsp3) is 0.667. The smallest absolute Gasteiger partial charge is 0.221 e. The standard InChI is InChI=1S/C12H19N3O2/c1-3-13-11-9(2)12(15-8-14-11)17-7-10-5-4-6-16-10/h8,10H,3-7H2,1-2H3,(H,13,14,15). The Labute approximate surface area is 102 Å². The normalized spacial score (nSPS) is 19.3. The molecular formula is C12H19N3O2. The van der Waals surface area contributed by atoms with Crippen LogP contribution in [0.25, 0.3) is 0 Å². The number of ether oxygens (including phenoxy) is 2. The van der Waals surface area contributed by atoms with Gasteiger partial charge in [-0.2, -0.15) is 0 Å². The van der Waals surface area contributed by atoms with Gasteiger partial charge in [-0.3, -0.25) is 0 Å². The largest absolute Gasteiger partial charge is 0.475 e. The molecular weight excluding hydrogens is 218 g/mol. The summed E-state index contributed by atoms with van der Waals surface area (Å²) in [6, 6.07) is 0. The zero-order valence-electron chi connectivity index (χ0n) is 10.4. The van der Waals surface area contributed by atoms with E-state index in [1.54, 1.807) is 0 Å². The maximum atomic E-state index is 5.69. The molecule has 5 heteroatoms. The van der Waals surface area contributed by atoms with Crippen LogP contribution in [-0.4, -0.2) is 35.8 Å². The number of nitrogens with one attached hydrogen (secondary N) is 1. The first-order chi connectivity index (χ1) is 8.31. The molecule has 0 bridgehead atoms. The van der Waals surface area contributed by atoms with E-state index >= 15 is 0 Å². The Kier molecular flexibility index (Phi) is 4.14. The van der Waals surface area contributed by atoms with Crippen LogP contribution >= 0.6 is 0 Å². The van der Waals surface area contributed by atoms with Crippen molar-refractivity contribution in [2.45, 2.75) is 32.8 Å². The van der Waals surface area contributed by atoms with Crippen molar-refractivity contribution in [2.75, 3.05) is 25.1 Å². The van der Waals surface area contributed by atoms with Gasteiger partial charge in [-0.05, 0) is 26.7 Å². The molecule has 1 aromatic heterocycles. The van der Waals surface area contributed by atoms with Gasteiger partial charge in [-0.15, -0.1) is 0 Å². The van der Waals surface area contributed by atoms with Gasteiger partial charge in [0.1, 0.15) is 18.8 Å². The Bertz CT molecular complexity index is 365. The van der Waals surface area contributed by atoms with E-state index in [1.807, 2.05) is 13.8 Å². The summed E-state index contributed by atoms with van der Waals surface area (Å²) < 4.78 is 11.2. The third kappa shape index (κ3) is 3.06. The number of nitrogens with zero attached hydrogens (tertiary/aromatic N) is 2. The summed E-state index contributed by atoms with van der Waals surface area (Å²) in [5.74, 6) is 1.48. The van der Waals surface area contributed by atoms with E-state index in [0.717, 1.165) is 37.4 Å². The van der Waals surface area contributed by atoms with E-state index in [9.17, 15) is 0 Å². The maximum absolute atomic E-state index is 5.69. The molecule has 1 aliphatic rings. The predicted molar refractivity (Wildman–Crippen MR) is 65.4 cm³/mol. The van der Waals surface area contributed by atoms with Crippen LogP contribution in [0.1, 0.15) is 25.3 Å². The van der Waals surface area contributed by atoms with Crippen molar-refractivity contribution >= 4 is 5.82 Å². The number of anilines is 1. The van der Waals surface area contributed by atoms with Gasteiger partial charge in [0.25, 0.3) is 0 Å². The molecule has 0 aliphatic carbocycles. The highest BCUT2D eigenvalue weighted by molar-refractivity contribution is 5.47. The molecule has 0 aromatic carbocycles. The highest BCUT2D eigenvalue weighted by atomic mass is 16.5. The van der Waals surface area contributed by atoms with E-state index in [2.05, 4.69) is 15.3 Å². The Balaban J connectivity index is 1.97. The van der Waals surface area contributed by atoms with Crippen LogP contribution in [0.15, 0.2) is 6.33 Å². The maximum Gasteiger partial charge on any atom is 0.221 e. The number of hydrogen-bond acceptors (Lipinski definition) is 5. The minimum atomic E-state index is 0.215. The number of aromatic nitrogens is 2. The van der Waals surface area contributed by atoms with Crippen molar-refractivity contribution in [1.29, 1.82) is 0 Å². The molecule has 0 radical (unpaired) electrons. The molecule has 1 saturated heterocycles. The van der Waals surface area contributed by atoms with Crippen LogP contribution in [0.5, 0.6) is 5.88 Å². The molecule has 5 nitrogen and oxygen atoms in total. The highest BCUT2D eigenvalue weighted by Gasteiger charge is 2.17. The molecule has 1 aliphatic heterocycles. The molecule has 17 heavy (non-hydrogen) atoms. The fourth-order valence-electron chi connectivity index (χ4n) is 1.87. The molecule has 0 amide bonds. The first-order valence-electron chi connectivity index (χ1n) is 6.11. The Morgan fingerprint density at radius 1 is 1.53 bits per heavy atom. The van der Waals surface area contributed by atoms with Crippen LogP contribution in [0.2, 0.25) is 0 Å². The van der Waals surface area contributed by atoms with E-state index < -0.39 is 0 Å². The molecule has 0 spiro atoms. The van der Waals surface area contributed by atoms with Crippen molar-refractivity contribution in [3.63, 3.8) is 0 Å². The molecule has 1 aromatic rings. The molecule has 1 atom stereocenters. The van der Waals surface area contributed by atoms with Gasteiger partial charge in [0.05, 0.1) is 11.7 Å². The Hall–Kier alpha value is -1.36. The van der Waals surface area contributed by atoms with E-state index in [4.69, 9.17) is 9.47 Å². The van der Waals surface area contributed by atoms with E-state index in [1.165, 1.54) is 6.33 Å². The first kappa shape index (κ1) is 12.1. The second-order valence-electron chi connectivity index (χ2n) is 4.13. The van der Waals surface area contributed by atoms with Crippen molar-refractivity contribution < 1.29 is 9.47 Å². The Morgan fingerprint density at radius 3 is 3.12 bits per heavy atom. The topological polar surface area (TPSA) is 56.3 Å². The lowest BCUT2D eigenvalue weighted by atomic mass is 10.2. The Morgan fingerprint density at radius 2 is 2.41 bits per heavy atom. The first-order valence-corrected chi connectivity index (χ1v) is 6.11. The number of rotatable bonds is 5. The summed E-state index contributed by atoms with van der Waals surface area (Å²) in [5, 5.41) is 3.18. The van der Waals surface area contributed by atoms with Crippen LogP contribution < -0.4 is 10.1 Å². The zero-order valence-corrected chi connectivity index (χ0v) is 10.4. The van der Waals surface area contributed by atoms with Gasteiger partial charge in [0, 0.05) is 13.2 Å². The van der Waals surface area contributed by atoms with Crippen molar-refractivity contribution in [3.05, 3.63) is 11.9 Å². The fourth-order valence-corrected chi connectivity index (χ4v) is 1.87. The predicted octanol–water partition coefficient (Wildman–Crippen LogP) is 1.77. The molecule has 2 rings (SSSR count). The van der Waals surface area contributed by atoms with Gasteiger partial charge < -0.3 is 14.8 Å². The van der Waals surface area contributed by atoms with Gasteiger partial charge in [0.2, 0.25) is 5.88 Å². The molecule has 1 unspecified atom stereocenters. The van der Waals surface area contributed by atoms with Crippen molar-refractivity contribution in [2.24, 2.45) is 0 Å². The lowest BCUT2D eigenvalue weighted by Gasteiger charge is -2.13. The van der Waals surface area contributed by atoms with Crippen LogP contribution in [0.3, 0.4) is 0 Å². The molecule has 94 valence electrons. The van der Waals surface area contributed by atoms with Gasteiger partial charge >= 0.3 is 0 Å². The quantitative estimate of drug-likeness (QED) is 0.846. The summed E-state index contributed by atoms with van der Waals surface area (Å²) in [6.07, 6.45) is 3.94. The molecule has 1 N–H and O–H groups in total.